The Labute approximate surface area is 96.7 Å². The summed E-state index contributed by atoms with van der Waals surface area (Å²) in [6.07, 6.45) is 7.46. The van der Waals surface area contributed by atoms with Gasteiger partial charge < -0.3 is 5.73 Å². The molecule has 15 heavy (non-hydrogen) atoms. The Bertz CT molecular complexity index is 293. The van der Waals surface area contributed by atoms with Crippen LogP contribution in [0.4, 0.5) is 0 Å². The van der Waals surface area contributed by atoms with E-state index in [0.29, 0.717) is 0 Å². The van der Waals surface area contributed by atoms with Crippen molar-refractivity contribution in [1.29, 1.82) is 0 Å². The number of thiophene rings is 1. The molecule has 2 heteroatoms. The molecule has 1 aromatic rings. The third kappa shape index (κ3) is 3.05. The Hall–Kier alpha value is -0.340. The molecule has 84 valence electrons. The summed E-state index contributed by atoms with van der Waals surface area (Å²) in [4.78, 5) is 0. The van der Waals surface area contributed by atoms with Crippen molar-refractivity contribution in [3.63, 3.8) is 0 Å². The molecule has 1 aliphatic rings. The predicted octanol–water partition coefficient (Wildman–Crippen LogP) is 3.59. The van der Waals surface area contributed by atoms with E-state index in [0.717, 1.165) is 18.8 Å². The third-order valence-electron chi connectivity index (χ3n) is 3.62. The zero-order chi connectivity index (χ0) is 10.7. The van der Waals surface area contributed by atoms with E-state index in [2.05, 4.69) is 23.8 Å². The molecule has 2 rings (SSSR count). The number of rotatable bonds is 3. The second-order valence-electron chi connectivity index (χ2n) is 5.20. The molecule has 1 heterocycles. The van der Waals surface area contributed by atoms with Gasteiger partial charge in [0.2, 0.25) is 0 Å². The smallest absolute Gasteiger partial charge is 0.0160 e. The summed E-state index contributed by atoms with van der Waals surface area (Å²) in [7, 11) is 0. The highest BCUT2D eigenvalue weighted by molar-refractivity contribution is 7.07. The van der Waals surface area contributed by atoms with Crippen LogP contribution in [0, 0.1) is 5.92 Å². The maximum atomic E-state index is 6.47. The standard InChI is InChI=1S/C13H21NS/c1-11-3-2-6-13(14,9-11)7-4-12-5-8-15-10-12/h5,8,10-11H,2-4,6-7,9,14H2,1H3. The first-order chi connectivity index (χ1) is 7.18. The van der Waals surface area contributed by atoms with Crippen LogP contribution in [0.1, 0.15) is 44.6 Å². The van der Waals surface area contributed by atoms with E-state index in [1.54, 1.807) is 11.3 Å². The first-order valence-corrected chi connectivity index (χ1v) is 6.92. The van der Waals surface area contributed by atoms with Crippen LogP contribution >= 0.6 is 11.3 Å². The van der Waals surface area contributed by atoms with Gasteiger partial charge in [0, 0.05) is 5.54 Å². The van der Waals surface area contributed by atoms with E-state index in [1.807, 2.05) is 0 Å². The second-order valence-corrected chi connectivity index (χ2v) is 5.98. The lowest BCUT2D eigenvalue weighted by Gasteiger charge is -2.37. The van der Waals surface area contributed by atoms with E-state index in [-0.39, 0.29) is 5.54 Å². The predicted molar refractivity (Wildman–Crippen MR) is 67.2 cm³/mol. The summed E-state index contributed by atoms with van der Waals surface area (Å²) in [6, 6.07) is 2.22. The average molecular weight is 223 g/mol. The van der Waals surface area contributed by atoms with Gasteiger partial charge in [-0.3, -0.25) is 0 Å². The van der Waals surface area contributed by atoms with Crippen molar-refractivity contribution in [1.82, 2.24) is 0 Å². The highest BCUT2D eigenvalue weighted by atomic mass is 32.1. The molecule has 0 amide bonds. The van der Waals surface area contributed by atoms with Crippen molar-refractivity contribution < 1.29 is 0 Å². The molecule has 0 bridgehead atoms. The maximum absolute atomic E-state index is 6.47. The molecule has 1 fully saturated rings. The van der Waals surface area contributed by atoms with Gasteiger partial charge in [-0.15, -0.1) is 0 Å². The van der Waals surface area contributed by atoms with E-state index in [4.69, 9.17) is 5.73 Å². The first-order valence-electron chi connectivity index (χ1n) is 5.98. The van der Waals surface area contributed by atoms with Crippen LogP contribution < -0.4 is 5.73 Å². The second kappa shape index (κ2) is 4.67. The molecule has 1 nitrogen and oxygen atoms in total. The van der Waals surface area contributed by atoms with Crippen LogP contribution in [-0.4, -0.2) is 5.54 Å². The summed E-state index contributed by atoms with van der Waals surface area (Å²) in [5.41, 5.74) is 8.06. The Morgan fingerprint density at radius 1 is 1.60 bits per heavy atom. The van der Waals surface area contributed by atoms with Crippen LogP contribution in [0.5, 0.6) is 0 Å². The largest absolute Gasteiger partial charge is 0.325 e. The SMILES string of the molecule is CC1CCCC(N)(CCc2ccsc2)C1. The fraction of sp³-hybridized carbons (Fsp3) is 0.692. The Morgan fingerprint density at radius 3 is 3.13 bits per heavy atom. The number of aryl methyl sites for hydroxylation is 1. The van der Waals surface area contributed by atoms with Gasteiger partial charge >= 0.3 is 0 Å². The number of hydrogen-bond donors (Lipinski definition) is 1. The lowest BCUT2D eigenvalue weighted by Crippen LogP contribution is -2.44. The molecule has 1 saturated carbocycles. The monoisotopic (exact) mass is 223 g/mol. The topological polar surface area (TPSA) is 26.0 Å². The lowest BCUT2D eigenvalue weighted by atomic mass is 9.74. The van der Waals surface area contributed by atoms with Crippen molar-refractivity contribution in [3.8, 4) is 0 Å². The molecule has 0 aliphatic heterocycles. The van der Waals surface area contributed by atoms with E-state index >= 15 is 0 Å². The van der Waals surface area contributed by atoms with E-state index in [9.17, 15) is 0 Å². The molecule has 1 aliphatic carbocycles. The summed E-state index contributed by atoms with van der Waals surface area (Å²) in [5, 5.41) is 4.40. The molecule has 1 aromatic heterocycles. The van der Waals surface area contributed by atoms with Crippen molar-refractivity contribution in [2.75, 3.05) is 0 Å². The molecule has 2 N–H and O–H groups in total. The number of nitrogens with two attached hydrogens (primary N) is 1. The van der Waals surface area contributed by atoms with Gasteiger partial charge in [-0.05, 0) is 54.0 Å². The molecule has 2 unspecified atom stereocenters. The van der Waals surface area contributed by atoms with E-state index < -0.39 is 0 Å². The zero-order valence-electron chi connectivity index (χ0n) is 9.54. The molecule has 2 atom stereocenters. The van der Waals surface area contributed by atoms with E-state index in [1.165, 1.54) is 31.2 Å². The van der Waals surface area contributed by atoms with Crippen LogP contribution in [0.2, 0.25) is 0 Å². The molecular weight excluding hydrogens is 202 g/mol. The highest BCUT2D eigenvalue weighted by Gasteiger charge is 2.30. The normalized spacial score (nSPS) is 31.7. The average Bonchev–Trinajstić information content (AvgIpc) is 2.67. The quantitative estimate of drug-likeness (QED) is 0.832. The third-order valence-corrected chi connectivity index (χ3v) is 4.35. The van der Waals surface area contributed by atoms with Crippen LogP contribution in [0.3, 0.4) is 0 Å². The zero-order valence-corrected chi connectivity index (χ0v) is 10.4. The van der Waals surface area contributed by atoms with Gasteiger partial charge in [-0.2, -0.15) is 11.3 Å². The molecule has 0 saturated heterocycles. The van der Waals surface area contributed by atoms with Gasteiger partial charge in [-0.25, -0.2) is 0 Å². The minimum absolute atomic E-state index is 0.125. The minimum atomic E-state index is 0.125. The summed E-state index contributed by atoms with van der Waals surface area (Å²) < 4.78 is 0. The fourth-order valence-corrected chi connectivity index (χ4v) is 3.46. The highest BCUT2D eigenvalue weighted by Crippen LogP contribution is 2.33. The first kappa shape index (κ1) is 11.2. The fourth-order valence-electron chi connectivity index (χ4n) is 2.76. The van der Waals surface area contributed by atoms with Crippen LogP contribution in [0.15, 0.2) is 16.8 Å². The minimum Gasteiger partial charge on any atom is -0.325 e. The molecule has 0 radical (unpaired) electrons. The van der Waals surface area contributed by atoms with Crippen molar-refractivity contribution in [3.05, 3.63) is 22.4 Å². The van der Waals surface area contributed by atoms with Crippen molar-refractivity contribution in [2.24, 2.45) is 11.7 Å². The Balaban J connectivity index is 1.87. The maximum Gasteiger partial charge on any atom is 0.0160 e. The molecule has 0 spiro atoms. The Morgan fingerprint density at radius 2 is 2.47 bits per heavy atom. The van der Waals surface area contributed by atoms with Crippen molar-refractivity contribution >= 4 is 11.3 Å². The van der Waals surface area contributed by atoms with Gasteiger partial charge in [0.05, 0.1) is 0 Å². The van der Waals surface area contributed by atoms with Crippen LogP contribution in [-0.2, 0) is 6.42 Å². The van der Waals surface area contributed by atoms with Gasteiger partial charge in [0.1, 0.15) is 0 Å². The van der Waals surface area contributed by atoms with Crippen LogP contribution in [0.25, 0.3) is 0 Å². The summed E-state index contributed by atoms with van der Waals surface area (Å²) in [5.74, 6) is 0.825. The molecule has 0 aromatic carbocycles. The van der Waals surface area contributed by atoms with Gasteiger partial charge in [0.25, 0.3) is 0 Å². The Kier molecular flexibility index (Phi) is 3.47. The number of hydrogen-bond acceptors (Lipinski definition) is 2. The van der Waals surface area contributed by atoms with Gasteiger partial charge in [0.15, 0.2) is 0 Å². The van der Waals surface area contributed by atoms with Gasteiger partial charge in [-0.1, -0.05) is 19.8 Å². The summed E-state index contributed by atoms with van der Waals surface area (Å²) in [6.45, 7) is 2.34. The lowest BCUT2D eigenvalue weighted by molar-refractivity contribution is 0.224. The summed E-state index contributed by atoms with van der Waals surface area (Å²) >= 11 is 1.78. The van der Waals surface area contributed by atoms with Crippen molar-refractivity contribution in [2.45, 2.75) is 51.0 Å². The molecular formula is C13H21NS.